The first-order valence-corrected chi connectivity index (χ1v) is 9.35. The molecule has 1 N–H and O–H groups in total. The maximum Gasteiger partial charge on any atom is 0.162 e. The van der Waals surface area contributed by atoms with Gasteiger partial charge in [0.05, 0.1) is 10.9 Å². The summed E-state index contributed by atoms with van der Waals surface area (Å²) in [6.45, 7) is 4.26. The summed E-state index contributed by atoms with van der Waals surface area (Å²) in [6, 6.07) is 14.6. The number of hydrogen-bond acceptors (Lipinski definition) is 3. The van der Waals surface area contributed by atoms with Crippen LogP contribution in [0.25, 0.3) is 0 Å². The molecule has 0 amide bonds. The van der Waals surface area contributed by atoms with Crippen LogP contribution in [0, 0.1) is 11.2 Å². The fourth-order valence-corrected chi connectivity index (χ4v) is 4.99. The van der Waals surface area contributed by atoms with Crippen molar-refractivity contribution in [1.29, 1.82) is 0 Å². The van der Waals surface area contributed by atoms with E-state index in [1.54, 1.807) is 23.9 Å². The Labute approximate surface area is 151 Å². The van der Waals surface area contributed by atoms with Crippen LogP contribution in [0.3, 0.4) is 0 Å². The molecule has 128 valence electrons. The van der Waals surface area contributed by atoms with Gasteiger partial charge in [0.2, 0.25) is 0 Å². The van der Waals surface area contributed by atoms with Crippen molar-refractivity contribution in [2.75, 3.05) is 5.32 Å². The van der Waals surface area contributed by atoms with Gasteiger partial charge in [0, 0.05) is 22.6 Å². The van der Waals surface area contributed by atoms with Crippen molar-refractivity contribution < 1.29 is 9.18 Å². The van der Waals surface area contributed by atoms with Gasteiger partial charge in [0.25, 0.3) is 0 Å². The molecule has 4 heteroatoms. The van der Waals surface area contributed by atoms with Gasteiger partial charge < -0.3 is 5.32 Å². The van der Waals surface area contributed by atoms with Crippen LogP contribution in [-0.2, 0) is 4.79 Å². The van der Waals surface area contributed by atoms with Crippen molar-refractivity contribution in [3.63, 3.8) is 0 Å². The Bertz CT molecular complexity index is 870. The predicted octanol–water partition coefficient (Wildman–Crippen LogP) is 5.73. The molecule has 1 aliphatic heterocycles. The van der Waals surface area contributed by atoms with E-state index in [0.29, 0.717) is 6.42 Å². The van der Waals surface area contributed by atoms with Crippen molar-refractivity contribution in [2.24, 2.45) is 5.41 Å². The number of ketones is 1. The summed E-state index contributed by atoms with van der Waals surface area (Å²) in [4.78, 5) is 14.1. The molecular weight excluding hydrogens is 333 g/mol. The van der Waals surface area contributed by atoms with Gasteiger partial charge >= 0.3 is 0 Å². The molecule has 4 rings (SSSR count). The molecule has 1 heterocycles. The van der Waals surface area contributed by atoms with E-state index in [2.05, 4.69) is 25.2 Å². The number of nitrogens with one attached hydrogen (secondary N) is 1. The molecule has 0 unspecified atom stereocenters. The molecule has 2 aromatic carbocycles. The van der Waals surface area contributed by atoms with Gasteiger partial charge in [0.15, 0.2) is 5.78 Å². The SMILES string of the molecule is CC1(C)CC(=O)C2=C(C1)Nc1ccccc1S[C@H]2c1ccc(F)cc1. The normalized spacial score (nSPS) is 21.9. The zero-order valence-electron chi connectivity index (χ0n) is 14.3. The summed E-state index contributed by atoms with van der Waals surface area (Å²) in [5.74, 6) is -0.0698. The Kier molecular flexibility index (Phi) is 3.95. The zero-order valence-corrected chi connectivity index (χ0v) is 15.1. The number of rotatable bonds is 1. The lowest BCUT2D eigenvalue weighted by atomic mass is 9.74. The highest BCUT2D eigenvalue weighted by Crippen LogP contribution is 2.51. The first kappa shape index (κ1) is 16.4. The largest absolute Gasteiger partial charge is 0.358 e. The quantitative estimate of drug-likeness (QED) is 0.710. The molecule has 0 spiro atoms. The van der Waals surface area contributed by atoms with Crippen LogP contribution in [0.1, 0.15) is 37.5 Å². The second-order valence-electron chi connectivity index (χ2n) is 7.50. The summed E-state index contributed by atoms with van der Waals surface area (Å²) in [5.41, 5.74) is 3.79. The van der Waals surface area contributed by atoms with Gasteiger partial charge in [-0.25, -0.2) is 4.39 Å². The third-order valence-corrected chi connectivity index (χ3v) is 6.13. The predicted molar refractivity (Wildman–Crippen MR) is 100 cm³/mol. The van der Waals surface area contributed by atoms with Crippen LogP contribution in [-0.4, -0.2) is 5.78 Å². The van der Waals surface area contributed by atoms with E-state index in [4.69, 9.17) is 0 Å². The molecule has 0 aromatic heterocycles. The highest BCUT2D eigenvalue weighted by atomic mass is 32.2. The van der Waals surface area contributed by atoms with Gasteiger partial charge in [-0.2, -0.15) is 0 Å². The average molecular weight is 353 g/mol. The van der Waals surface area contributed by atoms with E-state index in [1.165, 1.54) is 12.1 Å². The number of anilines is 1. The smallest absolute Gasteiger partial charge is 0.162 e. The zero-order chi connectivity index (χ0) is 17.6. The number of hydrogen-bond donors (Lipinski definition) is 1. The van der Waals surface area contributed by atoms with Crippen molar-refractivity contribution in [3.05, 3.63) is 71.2 Å². The van der Waals surface area contributed by atoms with Crippen molar-refractivity contribution >= 4 is 23.2 Å². The lowest BCUT2D eigenvalue weighted by molar-refractivity contribution is -0.118. The number of carbonyl (C=O) groups is 1. The lowest BCUT2D eigenvalue weighted by Crippen LogP contribution is -2.29. The maximum atomic E-state index is 13.4. The maximum absolute atomic E-state index is 13.4. The van der Waals surface area contributed by atoms with Crippen molar-refractivity contribution in [3.8, 4) is 0 Å². The first-order chi connectivity index (χ1) is 11.9. The Morgan fingerprint density at radius 2 is 1.80 bits per heavy atom. The number of thioether (sulfide) groups is 1. The monoisotopic (exact) mass is 353 g/mol. The lowest BCUT2D eigenvalue weighted by Gasteiger charge is -2.33. The van der Waals surface area contributed by atoms with Crippen LogP contribution < -0.4 is 5.32 Å². The summed E-state index contributed by atoms with van der Waals surface area (Å²) < 4.78 is 13.4. The fourth-order valence-electron chi connectivity index (χ4n) is 3.64. The minimum absolute atomic E-state index is 0.0553. The molecule has 0 saturated carbocycles. The first-order valence-electron chi connectivity index (χ1n) is 8.47. The Morgan fingerprint density at radius 1 is 1.08 bits per heavy atom. The summed E-state index contributed by atoms with van der Waals surface area (Å²) in [5, 5.41) is 3.41. The number of allylic oxidation sites excluding steroid dienone is 1. The second kappa shape index (κ2) is 6.03. The highest BCUT2D eigenvalue weighted by Gasteiger charge is 2.39. The van der Waals surface area contributed by atoms with Gasteiger partial charge in [0.1, 0.15) is 5.82 Å². The average Bonchev–Trinajstić information content (AvgIpc) is 2.70. The van der Waals surface area contributed by atoms with Crippen LogP contribution >= 0.6 is 11.8 Å². The molecule has 1 aliphatic carbocycles. The van der Waals surface area contributed by atoms with Crippen LogP contribution in [0.5, 0.6) is 0 Å². The summed E-state index contributed by atoms with van der Waals surface area (Å²) in [6.07, 6.45) is 1.38. The van der Waals surface area contributed by atoms with E-state index in [-0.39, 0.29) is 22.3 Å². The minimum Gasteiger partial charge on any atom is -0.358 e. The van der Waals surface area contributed by atoms with Gasteiger partial charge in [-0.1, -0.05) is 38.1 Å². The minimum atomic E-state index is -0.258. The van der Waals surface area contributed by atoms with E-state index < -0.39 is 0 Å². The number of Topliss-reactive ketones (excluding diaryl/α,β-unsaturated/α-hetero) is 1. The molecule has 0 bridgehead atoms. The summed E-state index contributed by atoms with van der Waals surface area (Å²) in [7, 11) is 0. The number of benzene rings is 2. The molecular formula is C21H20FNOS. The molecule has 2 aromatic rings. The molecule has 0 radical (unpaired) electrons. The Morgan fingerprint density at radius 3 is 2.56 bits per heavy atom. The molecule has 1 atom stereocenters. The second-order valence-corrected chi connectivity index (χ2v) is 8.65. The molecule has 25 heavy (non-hydrogen) atoms. The van der Waals surface area contributed by atoms with Gasteiger partial charge in [-0.3, -0.25) is 4.79 Å². The molecule has 2 aliphatic rings. The Balaban J connectivity index is 1.88. The molecule has 2 nitrogen and oxygen atoms in total. The van der Waals surface area contributed by atoms with Gasteiger partial charge in [-0.05, 0) is 41.7 Å². The van der Waals surface area contributed by atoms with Gasteiger partial charge in [-0.15, -0.1) is 11.8 Å². The number of fused-ring (bicyclic) bond motifs is 1. The van der Waals surface area contributed by atoms with E-state index in [0.717, 1.165) is 33.8 Å². The Hall–Kier alpha value is -2.07. The van der Waals surface area contributed by atoms with E-state index in [1.807, 2.05) is 18.2 Å². The number of carbonyl (C=O) groups excluding carboxylic acids is 1. The molecule has 0 saturated heterocycles. The third kappa shape index (κ3) is 3.11. The fraction of sp³-hybridized carbons (Fsp3) is 0.286. The van der Waals surface area contributed by atoms with Crippen LogP contribution in [0.2, 0.25) is 0 Å². The van der Waals surface area contributed by atoms with Crippen LogP contribution in [0.4, 0.5) is 10.1 Å². The standard InChI is InChI=1S/C21H20FNOS/c1-21(2)11-16-19(17(24)12-21)20(13-7-9-14(22)10-8-13)25-18-6-4-3-5-15(18)23-16/h3-10,20,23H,11-12H2,1-2H3/t20-/m0/s1. The highest BCUT2D eigenvalue weighted by molar-refractivity contribution is 8.00. The van der Waals surface area contributed by atoms with E-state index in [9.17, 15) is 9.18 Å². The summed E-state index contributed by atoms with van der Waals surface area (Å²) >= 11 is 1.66. The number of halogens is 1. The van der Waals surface area contributed by atoms with E-state index >= 15 is 0 Å². The van der Waals surface area contributed by atoms with Crippen LogP contribution in [0.15, 0.2) is 64.7 Å². The van der Waals surface area contributed by atoms with Crippen molar-refractivity contribution in [2.45, 2.75) is 36.8 Å². The third-order valence-electron chi connectivity index (χ3n) is 4.77. The van der Waals surface area contributed by atoms with Crippen molar-refractivity contribution in [1.82, 2.24) is 0 Å². The topological polar surface area (TPSA) is 29.1 Å². The molecule has 0 fully saturated rings. The number of para-hydroxylation sites is 1.